The molecule has 0 aliphatic heterocycles. The second kappa shape index (κ2) is 6.05. The maximum absolute atomic E-state index is 11.2. The van der Waals surface area contributed by atoms with Crippen molar-refractivity contribution in [3.8, 4) is 0 Å². The summed E-state index contributed by atoms with van der Waals surface area (Å²) >= 11 is 3.29. The van der Waals surface area contributed by atoms with Gasteiger partial charge in [-0.05, 0) is 40.4 Å². The first-order valence-corrected chi connectivity index (χ1v) is 6.45. The molecule has 0 heterocycles. The third-order valence-electron chi connectivity index (χ3n) is 2.66. The average Bonchev–Trinajstić information content (AvgIpc) is 2.24. The van der Waals surface area contributed by atoms with Gasteiger partial charge in [-0.3, -0.25) is 0 Å². The van der Waals surface area contributed by atoms with Crippen molar-refractivity contribution in [3.63, 3.8) is 0 Å². The van der Waals surface area contributed by atoms with Gasteiger partial charge in [0.1, 0.15) is 0 Å². The predicted octanol–water partition coefficient (Wildman–Crippen LogP) is 3.63. The molecule has 1 aromatic carbocycles. The number of benzene rings is 1. The van der Waals surface area contributed by atoms with E-state index >= 15 is 0 Å². The van der Waals surface area contributed by atoms with Crippen LogP contribution in [0, 0.1) is 5.92 Å². The Labute approximate surface area is 111 Å². The van der Waals surface area contributed by atoms with Gasteiger partial charge < -0.3 is 10.0 Å². The van der Waals surface area contributed by atoms with E-state index in [-0.39, 0.29) is 0 Å². The molecule has 0 aromatic heterocycles. The highest BCUT2D eigenvalue weighted by atomic mass is 79.9. The van der Waals surface area contributed by atoms with Gasteiger partial charge in [0.2, 0.25) is 0 Å². The van der Waals surface area contributed by atoms with Gasteiger partial charge in [0.25, 0.3) is 0 Å². The Hall–Kier alpha value is -1.03. The summed E-state index contributed by atoms with van der Waals surface area (Å²) in [7, 11) is 1.93. The van der Waals surface area contributed by atoms with Gasteiger partial charge in [-0.15, -0.1) is 0 Å². The molecule has 0 radical (unpaired) electrons. The number of carboxylic acids is 1. The van der Waals surface area contributed by atoms with E-state index in [0.29, 0.717) is 16.0 Å². The van der Waals surface area contributed by atoms with Crippen LogP contribution in [0.1, 0.15) is 30.6 Å². The van der Waals surface area contributed by atoms with Gasteiger partial charge in [0.05, 0.1) is 11.3 Å². The van der Waals surface area contributed by atoms with Crippen LogP contribution in [-0.2, 0) is 0 Å². The fourth-order valence-corrected chi connectivity index (χ4v) is 2.14. The summed E-state index contributed by atoms with van der Waals surface area (Å²) in [6.45, 7) is 5.17. The van der Waals surface area contributed by atoms with Crippen molar-refractivity contribution in [1.82, 2.24) is 0 Å². The number of halogens is 1. The first-order chi connectivity index (χ1) is 7.93. The third kappa shape index (κ3) is 3.73. The van der Waals surface area contributed by atoms with Crippen molar-refractivity contribution in [3.05, 3.63) is 28.2 Å². The Morgan fingerprint density at radius 3 is 2.65 bits per heavy atom. The summed E-state index contributed by atoms with van der Waals surface area (Å²) in [5.74, 6) is -0.290. The highest BCUT2D eigenvalue weighted by molar-refractivity contribution is 9.10. The Balaban J connectivity index is 2.96. The lowest BCUT2D eigenvalue weighted by molar-refractivity contribution is 0.0696. The number of anilines is 1. The Morgan fingerprint density at radius 1 is 1.47 bits per heavy atom. The van der Waals surface area contributed by atoms with Crippen molar-refractivity contribution >= 4 is 27.6 Å². The molecule has 0 saturated carbocycles. The highest BCUT2D eigenvalue weighted by Crippen LogP contribution is 2.27. The number of carboxylic acid groups (broad SMARTS) is 1. The van der Waals surface area contributed by atoms with Gasteiger partial charge in [-0.2, -0.15) is 0 Å². The molecule has 4 heteroatoms. The standard InChI is InChI=1S/C13H18BrNO2/c1-9(2)7-8-15(3)11-6-4-5-10(14)12(11)13(16)17/h4-6,9H,7-8H2,1-3H3,(H,16,17). The molecule has 0 saturated heterocycles. The molecule has 0 spiro atoms. The van der Waals surface area contributed by atoms with Crippen LogP contribution in [-0.4, -0.2) is 24.7 Å². The third-order valence-corrected chi connectivity index (χ3v) is 3.32. The largest absolute Gasteiger partial charge is 0.478 e. The zero-order valence-electron chi connectivity index (χ0n) is 10.4. The first kappa shape index (κ1) is 14.0. The number of hydrogen-bond donors (Lipinski definition) is 1. The Kier molecular flexibility index (Phi) is 5.00. The molecule has 1 aromatic rings. The molecule has 0 fully saturated rings. The van der Waals surface area contributed by atoms with Gasteiger partial charge in [-0.25, -0.2) is 4.79 Å². The number of aromatic carboxylic acids is 1. The second-order valence-electron chi connectivity index (χ2n) is 4.54. The van der Waals surface area contributed by atoms with Crippen LogP contribution in [0.3, 0.4) is 0 Å². The molecule has 0 atom stereocenters. The lowest BCUT2D eigenvalue weighted by Gasteiger charge is -2.22. The molecule has 0 bridgehead atoms. The molecule has 0 aliphatic rings. The Morgan fingerprint density at radius 2 is 2.12 bits per heavy atom. The minimum Gasteiger partial charge on any atom is -0.478 e. The van der Waals surface area contributed by atoms with Crippen LogP contribution in [0.5, 0.6) is 0 Å². The zero-order chi connectivity index (χ0) is 13.0. The molecule has 17 heavy (non-hydrogen) atoms. The normalized spacial score (nSPS) is 10.6. The minimum absolute atomic E-state index is 0.332. The van der Waals surface area contributed by atoms with Crippen LogP contribution in [0.25, 0.3) is 0 Å². The van der Waals surface area contributed by atoms with Gasteiger partial charge in [-0.1, -0.05) is 19.9 Å². The van der Waals surface area contributed by atoms with Crippen LogP contribution < -0.4 is 4.90 Å². The molecule has 0 unspecified atom stereocenters. The summed E-state index contributed by atoms with van der Waals surface area (Å²) in [6.07, 6.45) is 1.04. The van der Waals surface area contributed by atoms with E-state index in [2.05, 4.69) is 29.8 Å². The summed E-state index contributed by atoms with van der Waals surface area (Å²) in [5, 5.41) is 9.22. The number of carbonyl (C=O) groups is 1. The van der Waals surface area contributed by atoms with Gasteiger partial charge in [0.15, 0.2) is 0 Å². The van der Waals surface area contributed by atoms with E-state index in [1.54, 1.807) is 6.07 Å². The lowest BCUT2D eigenvalue weighted by Crippen LogP contribution is -2.22. The van der Waals surface area contributed by atoms with E-state index in [0.717, 1.165) is 18.7 Å². The van der Waals surface area contributed by atoms with E-state index in [1.807, 2.05) is 24.1 Å². The number of hydrogen-bond acceptors (Lipinski definition) is 2. The van der Waals surface area contributed by atoms with Gasteiger partial charge in [0, 0.05) is 18.1 Å². The minimum atomic E-state index is -0.899. The molecule has 0 aliphatic carbocycles. The van der Waals surface area contributed by atoms with Crippen LogP contribution in [0.2, 0.25) is 0 Å². The molecule has 3 nitrogen and oxygen atoms in total. The van der Waals surface area contributed by atoms with Crippen molar-refractivity contribution in [2.45, 2.75) is 20.3 Å². The molecular formula is C13H18BrNO2. The quantitative estimate of drug-likeness (QED) is 0.902. The van der Waals surface area contributed by atoms with Crippen molar-refractivity contribution in [1.29, 1.82) is 0 Å². The first-order valence-electron chi connectivity index (χ1n) is 5.66. The topological polar surface area (TPSA) is 40.5 Å². The summed E-state index contributed by atoms with van der Waals surface area (Å²) in [5.41, 5.74) is 1.09. The maximum atomic E-state index is 11.2. The number of rotatable bonds is 5. The predicted molar refractivity (Wildman–Crippen MR) is 73.8 cm³/mol. The molecule has 94 valence electrons. The van der Waals surface area contributed by atoms with Crippen molar-refractivity contribution < 1.29 is 9.90 Å². The van der Waals surface area contributed by atoms with Crippen molar-refractivity contribution in [2.24, 2.45) is 5.92 Å². The summed E-state index contributed by atoms with van der Waals surface area (Å²) in [4.78, 5) is 13.2. The molecule has 1 rings (SSSR count). The van der Waals surface area contributed by atoms with E-state index in [1.165, 1.54) is 0 Å². The summed E-state index contributed by atoms with van der Waals surface area (Å²) < 4.78 is 0.624. The number of nitrogens with zero attached hydrogens (tertiary/aromatic N) is 1. The average molecular weight is 300 g/mol. The van der Waals surface area contributed by atoms with Gasteiger partial charge >= 0.3 is 5.97 Å². The Bertz CT molecular complexity index is 404. The van der Waals surface area contributed by atoms with E-state index in [9.17, 15) is 9.90 Å². The second-order valence-corrected chi connectivity index (χ2v) is 5.40. The SMILES string of the molecule is CC(C)CCN(C)c1cccc(Br)c1C(=O)O. The monoisotopic (exact) mass is 299 g/mol. The van der Waals surface area contributed by atoms with Crippen LogP contribution in [0.4, 0.5) is 5.69 Å². The zero-order valence-corrected chi connectivity index (χ0v) is 12.0. The smallest absolute Gasteiger partial charge is 0.338 e. The fraction of sp³-hybridized carbons (Fsp3) is 0.462. The summed E-state index contributed by atoms with van der Waals surface area (Å²) in [6, 6.07) is 5.45. The fourth-order valence-electron chi connectivity index (χ4n) is 1.61. The van der Waals surface area contributed by atoms with E-state index in [4.69, 9.17) is 0 Å². The molecular weight excluding hydrogens is 282 g/mol. The molecule has 1 N–H and O–H groups in total. The lowest BCUT2D eigenvalue weighted by atomic mass is 10.1. The van der Waals surface area contributed by atoms with Crippen molar-refractivity contribution in [2.75, 3.05) is 18.5 Å². The van der Waals surface area contributed by atoms with Crippen LogP contribution >= 0.6 is 15.9 Å². The van der Waals surface area contributed by atoms with E-state index < -0.39 is 5.97 Å². The van der Waals surface area contributed by atoms with Crippen LogP contribution in [0.15, 0.2) is 22.7 Å². The molecule has 0 amide bonds. The highest BCUT2D eigenvalue weighted by Gasteiger charge is 2.16. The maximum Gasteiger partial charge on any atom is 0.338 e.